The lowest BCUT2D eigenvalue weighted by Crippen LogP contribution is -2.28. The molecule has 0 saturated carbocycles. The first-order valence-corrected chi connectivity index (χ1v) is 9.08. The van der Waals surface area contributed by atoms with Crippen LogP contribution in [0.15, 0.2) is 42.6 Å². The first-order valence-electron chi connectivity index (χ1n) is 8.70. The molecule has 27 heavy (non-hydrogen) atoms. The summed E-state index contributed by atoms with van der Waals surface area (Å²) < 4.78 is 6.76. The summed E-state index contributed by atoms with van der Waals surface area (Å²) in [7, 11) is 1.31. The molecule has 0 saturated heterocycles. The van der Waals surface area contributed by atoms with E-state index >= 15 is 0 Å². The van der Waals surface area contributed by atoms with E-state index in [0.717, 1.165) is 29.9 Å². The van der Waals surface area contributed by atoms with Gasteiger partial charge in [-0.15, -0.1) is 0 Å². The predicted octanol–water partition coefficient (Wildman–Crippen LogP) is 3.52. The molecular formula is C20H18ClN3O3. The highest BCUT2D eigenvalue weighted by Crippen LogP contribution is 2.29. The molecule has 1 aromatic carbocycles. The average molecular weight is 384 g/mol. The van der Waals surface area contributed by atoms with Gasteiger partial charge in [0, 0.05) is 24.2 Å². The summed E-state index contributed by atoms with van der Waals surface area (Å²) in [5, 5.41) is 3.24. The van der Waals surface area contributed by atoms with Crippen LogP contribution in [0.3, 0.4) is 0 Å². The first kappa shape index (κ1) is 17.5. The summed E-state index contributed by atoms with van der Waals surface area (Å²) in [6.07, 6.45) is 4.06. The lowest BCUT2D eigenvalue weighted by Gasteiger charge is -2.21. The van der Waals surface area contributed by atoms with Gasteiger partial charge in [-0.3, -0.25) is 4.79 Å². The zero-order valence-electron chi connectivity index (χ0n) is 14.7. The summed E-state index contributed by atoms with van der Waals surface area (Å²) in [4.78, 5) is 29.2. The first-order chi connectivity index (χ1) is 13.1. The Balaban J connectivity index is 1.55. The summed E-state index contributed by atoms with van der Waals surface area (Å²) in [6.45, 7) is 0. The molecule has 7 heteroatoms. The van der Waals surface area contributed by atoms with Gasteiger partial charge in [-0.25, -0.2) is 9.78 Å². The van der Waals surface area contributed by atoms with Gasteiger partial charge in [0.05, 0.1) is 29.1 Å². The van der Waals surface area contributed by atoms with Gasteiger partial charge in [0.25, 0.3) is 0 Å². The van der Waals surface area contributed by atoms with E-state index in [1.165, 1.54) is 13.2 Å². The number of aryl methyl sites for hydroxylation is 1. The number of ether oxygens (including phenoxy) is 1. The molecule has 138 valence electrons. The molecule has 1 N–H and O–H groups in total. The van der Waals surface area contributed by atoms with Crippen LogP contribution in [0, 0.1) is 5.92 Å². The number of carbonyl (C=O) groups is 2. The van der Waals surface area contributed by atoms with Crippen LogP contribution in [-0.4, -0.2) is 28.4 Å². The number of esters is 1. The Morgan fingerprint density at radius 2 is 2.15 bits per heavy atom. The number of hydrogen-bond acceptors (Lipinski definition) is 4. The van der Waals surface area contributed by atoms with Gasteiger partial charge in [-0.1, -0.05) is 17.7 Å². The van der Waals surface area contributed by atoms with Crippen molar-refractivity contribution < 1.29 is 14.3 Å². The number of rotatable bonds is 3. The van der Waals surface area contributed by atoms with Crippen molar-refractivity contribution in [2.75, 3.05) is 12.4 Å². The molecule has 6 nitrogen and oxygen atoms in total. The van der Waals surface area contributed by atoms with Gasteiger partial charge in [-0.05, 0) is 43.2 Å². The summed E-state index contributed by atoms with van der Waals surface area (Å²) >= 11 is 6.19. The number of methoxy groups -OCH3 is 1. The predicted molar refractivity (Wildman–Crippen MR) is 102 cm³/mol. The second-order valence-electron chi connectivity index (χ2n) is 6.55. The van der Waals surface area contributed by atoms with Gasteiger partial charge in [0.1, 0.15) is 5.65 Å². The Morgan fingerprint density at radius 1 is 1.30 bits per heavy atom. The van der Waals surface area contributed by atoms with Crippen molar-refractivity contribution in [3.63, 3.8) is 0 Å². The van der Waals surface area contributed by atoms with E-state index in [4.69, 9.17) is 16.3 Å². The number of fused-ring (bicyclic) bond motifs is 3. The van der Waals surface area contributed by atoms with Crippen molar-refractivity contribution in [3.05, 3.63) is 64.6 Å². The molecule has 0 fully saturated rings. The highest BCUT2D eigenvalue weighted by Gasteiger charge is 2.28. The fourth-order valence-corrected chi connectivity index (χ4v) is 3.65. The molecule has 1 aliphatic carbocycles. The van der Waals surface area contributed by atoms with E-state index in [1.807, 2.05) is 28.8 Å². The second kappa shape index (κ2) is 7.04. The number of anilines is 1. The summed E-state index contributed by atoms with van der Waals surface area (Å²) in [5.74, 6) is -0.777. The SMILES string of the molecule is COC(=O)c1ccc(Cl)c(NC(=O)C2CCc3nc4ccccn4c3C2)c1. The Labute approximate surface area is 161 Å². The molecule has 2 aromatic heterocycles. The van der Waals surface area contributed by atoms with Gasteiger partial charge in [0.15, 0.2) is 0 Å². The van der Waals surface area contributed by atoms with Crippen LogP contribution >= 0.6 is 11.6 Å². The monoisotopic (exact) mass is 383 g/mol. The lowest BCUT2D eigenvalue weighted by atomic mass is 9.89. The largest absolute Gasteiger partial charge is 0.465 e. The van der Waals surface area contributed by atoms with Crippen LogP contribution in [-0.2, 0) is 22.4 Å². The van der Waals surface area contributed by atoms with Crippen LogP contribution in [0.4, 0.5) is 5.69 Å². The maximum atomic E-state index is 12.8. The summed E-state index contributed by atoms with van der Waals surface area (Å²) in [6, 6.07) is 10.5. The molecule has 2 heterocycles. The molecule has 0 aliphatic heterocycles. The fourth-order valence-electron chi connectivity index (χ4n) is 3.48. The number of hydrogen-bond donors (Lipinski definition) is 1. The molecule has 1 amide bonds. The average Bonchev–Trinajstić information content (AvgIpc) is 3.06. The third-order valence-corrected chi connectivity index (χ3v) is 5.23. The Bertz CT molecular complexity index is 1040. The molecule has 1 unspecified atom stereocenters. The maximum Gasteiger partial charge on any atom is 0.337 e. The van der Waals surface area contributed by atoms with E-state index in [2.05, 4.69) is 10.3 Å². The van der Waals surface area contributed by atoms with Crippen molar-refractivity contribution in [2.45, 2.75) is 19.3 Å². The molecule has 0 spiro atoms. The lowest BCUT2D eigenvalue weighted by molar-refractivity contribution is -0.120. The van der Waals surface area contributed by atoms with Crippen molar-refractivity contribution in [3.8, 4) is 0 Å². The number of aromatic nitrogens is 2. The minimum absolute atomic E-state index is 0.115. The van der Waals surface area contributed by atoms with Crippen LogP contribution in [0.25, 0.3) is 5.65 Å². The quantitative estimate of drug-likeness (QED) is 0.702. The molecule has 1 atom stereocenters. The van der Waals surface area contributed by atoms with Crippen LogP contribution < -0.4 is 5.32 Å². The van der Waals surface area contributed by atoms with Crippen LogP contribution in [0.5, 0.6) is 0 Å². The van der Waals surface area contributed by atoms with Gasteiger partial charge >= 0.3 is 5.97 Å². The van der Waals surface area contributed by atoms with Crippen LogP contribution in [0.2, 0.25) is 5.02 Å². The van der Waals surface area contributed by atoms with Crippen molar-refractivity contribution in [1.82, 2.24) is 9.38 Å². The zero-order chi connectivity index (χ0) is 19.0. The number of nitrogens with one attached hydrogen (secondary N) is 1. The number of pyridine rings is 1. The second-order valence-corrected chi connectivity index (χ2v) is 6.96. The topological polar surface area (TPSA) is 72.7 Å². The van der Waals surface area contributed by atoms with Gasteiger partial charge in [0.2, 0.25) is 5.91 Å². The summed E-state index contributed by atoms with van der Waals surface area (Å²) in [5.41, 5.74) is 3.78. The Morgan fingerprint density at radius 3 is 2.96 bits per heavy atom. The minimum Gasteiger partial charge on any atom is -0.465 e. The smallest absolute Gasteiger partial charge is 0.337 e. The third kappa shape index (κ3) is 3.28. The molecule has 0 radical (unpaired) electrons. The number of carbonyl (C=O) groups excluding carboxylic acids is 2. The minimum atomic E-state index is -0.477. The van der Waals surface area contributed by atoms with E-state index in [9.17, 15) is 9.59 Å². The number of nitrogens with zero attached hydrogens (tertiary/aromatic N) is 2. The molecule has 3 aromatic rings. The molecule has 1 aliphatic rings. The standard InChI is InChI=1S/C20H18ClN3O3/c1-27-20(26)13-5-7-14(21)16(10-13)23-19(25)12-6-8-15-17(11-12)24-9-3-2-4-18(24)22-15/h2-5,7,9-10,12H,6,8,11H2,1H3,(H,23,25). The Kier molecular flexibility index (Phi) is 4.58. The van der Waals surface area contributed by atoms with E-state index in [0.29, 0.717) is 22.7 Å². The van der Waals surface area contributed by atoms with Gasteiger partial charge in [-0.2, -0.15) is 0 Å². The highest BCUT2D eigenvalue weighted by atomic mass is 35.5. The normalized spacial score (nSPS) is 16.0. The maximum absolute atomic E-state index is 12.8. The van der Waals surface area contributed by atoms with Crippen molar-refractivity contribution >= 4 is 34.8 Å². The Hall–Kier alpha value is -2.86. The van der Waals surface area contributed by atoms with E-state index in [-0.39, 0.29) is 11.8 Å². The van der Waals surface area contributed by atoms with Crippen molar-refractivity contribution in [1.29, 1.82) is 0 Å². The molecular weight excluding hydrogens is 366 g/mol. The van der Waals surface area contributed by atoms with E-state index < -0.39 is 5.97 Å². The zero-order valence-corrected chi connectivity index (χ0v) is 15.5. The number of amides is 1. The van der Waals surface area contributed by atoms with Gasteiger partial charge < -0.3 is 14.5 Å². The number of benzene rings is 1. The number of halogens is 1. The van der Waals surface area contributed by atoms with Crippen molar-refractivity contribution in [2.24, 2.45) is 5.92 Å². The molecule has 0 bridgehead atoms. The van der Waals surface area contributed by atoms with E-state index in [1.54, 1.807) is 12.1 Å². The third-order valence-electron chi connectivity index (χ3n) is 4.90. The fraction of sp³-hybridized carbons (Fsp3) is 0.250. The highest BCUT2D eigenvalue weighted by molar-refractivity contribution is 6.33. The molecule has 4 rings (SSSR count). The van der Waals surface area contributed by atoms with Crippen LogP contribution in [0.1, 0.15) is 28.2 Å². The number of imidazole rings is 1.